The van der Waals surface area contributed by atoms with E-state index in [1.165, 1.54) is 26.3 Å². The maximum absolute atomic E-state index is 13.4. The Kier molecular flexibility index (Phi) is 12.4. The summed E-state index contributed by atoms with van der Waals surface area (Å²) in [6.45, 7) is 6.11. The van der Waals surface area contributed by atoms with E-state index in [-0.39, 0.29) is 23.6 Å². The van der Waals surface area contributed by atoms with Gasteiger partial charge in [-0.1, -0.05) is 51.1 Å². The third kappa shape index (κ3) is 9.18. The summed E-state index contributed by atoms with van der Waals surface area (Å²) in [5.41, 5.74) is 0.448. The lowest BCUT2D eigenvalue weighted by molar-refractivity contribution is -0.176. The number of nitrogens with zero attached hydrogens (tertiary/aromatic N) is 1. The van der Waals surface area contributed by atoms with Crippen LogP contribution in [0.15, 0.2) is 42.6 Å². The minimum atomic E-state index is -1.46. The quantitative estimate of drug-likeness (QED) is 0.305. The van der Waals surface area contributed by atoms with Crippen LogP contribution in [-0.4, -0.2) is 71.8 Å². The van der Waals surface area contributed by atoms with E-state index in [1.54, 1.807) is 26.0 Å². The molecule has 1 aromatic carbocycles. The fourth-order valence-corrected chi connectivity index (χ4v) is 4.64. The second-order valence-electron chi connectivity index (χ2n) is 10.0. The van der Waals surface area contributed by atoms with Crippen molar-refractivity contribution >= 4 is 40.9 Å². The molecule has 1 fully saturated rings. The molecule has 43 heavy (non-hydrogen) atoms. The third-order valence-electron chi connectivity index (χ3n) is 6.38. The molecule has 13 heteroatoms. The number of rotatable bonds is 10. The Morgan fingerprint density at radius 2 is 1.84 bits per heavy atom. The van der Waals surface area contributed by atoms with Crippen molar-refractivity contribution < 1.29 is 47.7 Å². The smallest absolute Gasteiger partial charge is 0.372 e. The average molecular weight is 617 g/mol. The number of aromatic nitrogens is 1. The molecule has 0 aliphatic carbocycles. The highest BCUT2D eigenvalue weighted by molar-refractivity contribution is 8.13. The number of hydrogen-bond acceptors (Lipinski definition) is 12. The zero-order valence-electron chi connectivity index (χ0n) is 24.7. The molecule has 3 rings (SSSR count). The van der Waals surface area contributed by atoms with Crippen molar-refractivity contribution in [3.63, 3.8) is 0 Å². The van der Waals surface area contributed by atoms with Gasteiger partial charge in [-0.15, -0.1) is 0 Å². The molecule has 0 bridgehead atoms. The lowest BCUT2D eigenvalue weighted by Crippen LogP contribution is -2.47. The summed E-state index contributed by atoms with van der Waals surface area (Å²) in [7, 11) is 1.33. The van der Waals surface area contributed by atoms with E-state index >= 15 is 0 Å². The predicted molar refractivity (Wildman–Crippen MR) is 156 cm³/mol. The number of esters is 3. The summed E-state index contributed by atoms with van der Waals surface area (Å²) in [4.78, 5) is 68.9. The monoisotopic (exact) mass is 616 g/mol. The molecule has 1 saturated heterocycles. The summed E-state index contributed by atoms with van der Waals surface area (Å²) in [5.74, 6) is -4.33. The van der Waals surface area contributed by atoms with Crippen LogP contribution in [0, 0.1) is 11.8 Å². The van der Waals surface area contributed by atoms with Crippen LogP contribution >= 0.6 is 11.8 Å². The van der Waals surface area contributed by atoms with Gasteiger partial charge in [0.1, 0.15) is 18.6 Å². The van der Waals surface area contributed by atoms with Crippen LogP contribution in [0.1, 0.15) is 50.2 Å². The molecular weight excluding hydrogens is 580 g/mol. The largest absolute Gasteiger partial charge is 0.493 e. The van der Waals surface area contributed by atoms with Crippen molar-refractivity contribution in [1.29, 1.82) is 0 Å². The van der Waals surface area contributed by atoms with Crippen LogP contribution in [0.3, 0.4) is 0 Å². The molecule has 1 amide bonds. The fraction of sp³-hybridized carbons (Fsp3) is 0.467. The lowest BCUT2D eigenvalue weighted by Gasteiger charge is -2.29. The minimum absolute atomic E-state index is 0.0706. The molecule has 0 unspecified atom stereocenters. The maximum Gasteiger partial charge on any atom is 0.372 e. The molecule has 1 aliphatic rings. The van der Waals surface area contributed by atoms with E-state index in [4.69, 9.17) is 23.7 Å². The zero-order valence-corrected chi connectivity index (χ0v) is 25.5. The van der Waals surface area contributed by atoms with Crippen LogP contribution < -0.4 is 14.8 Å². The molecule has 12 nitrogen and oxygen atoms in total. The number of methoxy groups -OCH3 is 1. The van der Waals surface area contributed by atoms with E-state index in [0.29, 0.717) is 5.75 Å². The number of hydrogen-bond donors (Lipinski definition) is 1. The summed E-state index contributed by atoms with van der Waals surface area (Å²) in [6.07, 6.45) is -0.0890. The summed E-state index contributed by atoms with van der Waals surface area (Å²) in [5, 5.41) is 1.79. The minimum Gasteiger partial charge on any atom is -0.493 e. The number of thioether (sulfide) groups is 1. The molecule has 0 saturated carbocycles. The first-order valence-corrected chi connectivity index (χ1v) is 14.8. The van der Waals surface area contributed by atoms with Gasteiger partial charge in [-0.05, 0) is 37.1 Å². The molecule has 0 spiro atoms. The van der Waals surface area contributed by atoms with Gasteiger partial charge >= 0.3 is 23.2 Å². The van der Waals surface area contributed by atoms with Crippen molar-refractivity contribution in [2.24, 2.45) is 11.8 Å². The molecule has 232 valence electrons. The van der Waals surface area contributed by atoms with E-state index < -0.39 is 65.8 Å². The predicted octanol–water partition coefficient (Wildman–Crippen LogP) is 3.75. The highest BCUT2D eigenvalue weighted by atomic mass is 32.2. The van der Waals surface area contributed by atoms with Gasteiger partial charge in [0.25, 0.3) is 5.91 Å². The fourth-order valence-electron chi connectivity index (χ4n) is 4.13. The number of nitrogens with one attached hydrogen (secondary N) is 1. The lowest BCUT2D eigenvalue weighted by atomic mass is 9.91. The standard InChI is InChI=1S/C30H36N2O10S/c1-6-14-43-30(37)42-25-22(38-5)12-13-31-23(25)26(33)32-21-16-39-28(35)20(15-19-10-8-7-9-11-19)24(18(4)40-29(21)36)41-27(34)17(2)3/h7-13,17-18,20-21,24H,6,14-16H2,1-5H3,(H,32,33)/t18-,20+,21-,24-/m0/s1. The van der Waals surface area contributed by atoms with Gasteiger partial charge < -0.3 is 29.0 Å². The molecule has 1 N–H and O–H groups in total. The van der Waals surface area contributed by atoms with Gasteiger partial charge in [-0.2, -0.15) is 0 Å². The number of ether oxygens (including phenoxy) is 5. The Balaban J connectivity index is 1.88. The first-order chi connectivity index (χ1) is 20.5. The SMILES string of the molecule is CCCSC(=O)Oc1c(OC)ccnc1C(=O)N[C@H]1COC(=O)[C@H](Cc2ccccc2)[C@@H](OC(=O)C(C)C)[C@H](C)OC1=O. The van der Waals surface area contributed by atoms with E-state index in [9.17, 15) is 24.0 Å². The average Bonchev–Trinajstić information content (AvgIpc) is 3.02. The number of benzene rings is 1. The first kappa shape index (κ1) is 33.4. The molecule has 1 aromatic heterocycles. The van der Waals surface area contributed by atoms with Gasteiger partial charge in [0.05, 0.1) is 13.0 Å². The van der Waals surface area contributed by atoms with Crippen molar-refractivity contribution in [2.75, 3.05) is 19.5 Å². The Morgan fingerprint density at radius 3 is 2.49 bits per heavy atom. The molecule has 4 atom stereocenters. The summed E-state index contributed by atoms with van der Waals surface area (Å²) in [6, 6.07) is 9.02. The molecular formula is C30H36N2O10S. The Labute approximate surface area is 254 Å². The van der Waals surface area contributed by atoms with Crippen molar-refractivity contribution in [2.45, 2.75) is 58.8 Å². The second-order valence-corrected chi connectivity index (χ2v) is 11.1. The van der Waals surface area contributed by atoms with Crippen LogP contribution in [0.4, 0.5) is 4.79 Å². The molecule has 1 aliphatic heterocycles. The van der Waals surface area contributed by atoms with Crippen LogP contribution in [0.25, 0.3) is 0 Å². The first-order valence-electron chi connectivity index (χ1n) is 13.9. The maximum atomic E-state index is 13.4. The van der Waals surface area contributed by atoms with Crippen molar-refractivity contribution in [3.8, 4) is 11.5 Å². The Morgan fingerprint density at radius 1 is 1.12 bits per heavy atom. The van der Waals surface area contributed by atoms with Crippen LogP contribution in [0.2, 0.25) is 0 Å². The Bertz CT molecular complexity index is 1300. The summed E-state index contributed by atoms with van der Waals surface area (Å²) < 4.78 is 27.4. The van der Waals surface area contributed by atoms with E-state index in [1.807, 2.05) is 25.1 Å². The van der Waals surface area contributed by atoms with Gasteiger partial charge in [0, 0.05) is 18.0 Å². The molecule has 0 radical (unpaired) electrons. The molecule has 2 aromatic rings. The van der Waals surface area contributed by atoms with Gasteiger partial charge in [-0.25, -0.2) is 14.6 Å². The number of carbonyl (C=O) groups is 5. The van der Waals surface area contributed by atoms with Gasteiger partial charge in [0.15, 0.2) is 23.6 Å². The van der Waals surface area contributed by atoms with E-state index in [0.717, 1.165) is 23.7 Å². The summed E-state index contributed by atoms with van der Waals surface area (Å²) >= 11 is 0.918. The number of carbonyl (C=O) groups excluding carboxylic acids is 5. The van der Waals surface area contributed by atoms with Crippen LogP contribution in [-0.2, 0) is 35.0 Å². The number of cyclic esters (lactones) is 2. The highest BCUT2D eigenvalue weighted by Crippen LogP contribution is 2.31. The normalized spacial score (nSPS) is 20.5. The molecule has 2 heterocycles. The van der Waals surface area contributed by atoms with E-state index in [2.05, 4.69) is 10.3 Å². The van der Waals surface area contributed by atoms with Crippen molar-refractivity contribution in [3.05, 3.63) is 53.9 Å². The van der Waals surface area contributed by atoms with Gasteiger partial charge in [0.2, 0.25) is 5.75 Å². The van der Waals surface area contributed by atoms with Crippen LogP contribution in [0.5, 0.6) is 11.5 Å². The van der Waals surface area contributed by atoms with Crippen molar-refractivity contribution in [1.82, 2.24) is 10.3 Å². The number of amides is 1. The number of pyridine rings is 1. The zero-order chi connectivity index (χ0) is 31.5. The van der Waals surface area contributed by atoms with Gasteiger partial charge in [-0.3, -0.25) is 14.4 Å². The highest BCUT2D eigenvalue weighted by Gasteiger charge is 2.42. The second kappa shape index (κ2) is 15.9. The Hall–Kier alpha value is -4.13. The third-order valence-corrected chi connectivity index (χ3v) is 7.31. The topological polar surface area (TPSA) is 156 Å².